The Kier molecular flexibility index (Phi) is 3.00. The van der Waals surface area contributed by atoms with Crippen LogP contribution in [0.4, 0.5) is 0 Å². The number of benzene rings is 2. The average molecular weight is 230 g/mol. The molecular formula is C14H14O3. The van der Waals surface area contributed by atoms with Gasteiger partial charge in [0, 0.05) is 10.8 Å². The number of aromatic hydroxyl groups is 1. The average Bonchev–Trinajstić information content (AvgIpc) is 2.28. The molecule has 0 unspecified atom stereocenters. The van der Waals surface area contributed by atoms with E-state index in [-0.39, 0.29) is 18.1 Å². The topological polar surface area (TPSA) is 46.5 Å². The van der Waals surface area contributed by atoms with E-state index in [0.29, 0.717) is 5.75 Å². The molecule has 3 nitrogen and oxygen atoms in total. The molecule has 0 saturated carbocycles. The van der Waals surface area contributed by atoms with Gasteiger partial charge in [-0.25, -0.2) is 0 Å². The summed E-state index contributed by atoms with van der Waals surface area (Å²) < 4.78 is 5.51. The second kappa shape index (κ2) is 4.45. The summed E-state index contributed by atoms with van der Waals surface area (Å²) in [6.45, 7) is 3.38. The maximum absolute atomic E-state index is 11.0. The van der Waals surface area contributed by atoms with Gasteiger partial charge in [0.2, 0.25) is 0 Å². The molecule has 2 aromatic carbocycles. The van der Waals surface area contributed by atoms with E-state index in [0.717, 1.165) is 16.3 Å². The van der Waals surface area contributed by atoms with E-state index < -0.39 is 0 Å². The van der Waals surface area contributed by atoms with E-state index in [9.17, 15) is 9.90 Å². The summed E-state index contributed by atoms with van der Waals surface area (Å²) in [6, 6.07) is 9.08. The summed E-state index contributed by atoms with van der Waals surface area (Å²) in [5.41, 5.74) is 0.822. The van der Waals surface area contributed by atoms with E-state index in [2.05, 4.69) is 0 Å². The van der Waals surface area contributed by atoms with Gasteiger partial charge in [-0.1, -0.05) is 24.3 Å². The number of phenolic OH excluding ortho intramolecular Hbond substituents is 1. The van der Waals surface area contributed by atoms with Gasteiger partial charge in [0.1, 0.15) is 18.1 Å². The molecule has 1 N–H and O–H groups in total. The largest absolute Gasteiger partial charge is 0.507 e. The molecule has 0 heterocycles. The summed E-state index contributed by atoms with van der Waals surface area (Å²) in [6.07, 6.45) is 0. The normalized spacial score (nSPS) is 10.5. The first-order valence-electron chi connectivity index (χ1n) is 5.43. The Balaban J connectivity index is 2.57. The van der Waals surface area contributed by atoms with E-state index in [4.69, 9.17) is 4.74 Å². The van der Waals surface area contributed by atoms with Gasteiger partial charge in [-0.05, 0) is 25.5 Å². The fourth-order valence-electron chi connectivity index (χ4n) is 1.83. The van der Waals surface area contributed by atoms with Crippen LogP contribution >= 0.6 is 0 Å². The smallest absolute Gasteiger partial charge is 0.167 e. The predicted molar refractivity (Wildman–Crippen MR) is 66.5 cm³/mol. The first-order valence-corrected chi connectivity index (χ1v) is 5.43. The Hall–Kier alpha value is -2.03. The van der Waals surface area contributed by atoms with Crippen LogP contribution in [0.5, 0.6) is 11.5 Å². The van der Waals surface area contributed by atoms with Crippen LogP contribution < -0.4 is 4.74 Å². The molecule has 0 aliphatic heterocycles. The molecule has 2 aromatic rings. The number of hydrogen-bond acceptors (Lipinski definition) is 3. The lowest BCUT2D eigenvalue weighted by Gasteiger charge is -2.12. The fourth-order valence-corrected chi connectivity index (χ4v) is 1.83. The highest BCUT2D eigenvalue weighted by molar-refractivity contribution is 5.94. The van der Waals surface area contributed by atoms with Crippen LogP contribution in [0.1, 0.15) is 12.5 Å². The molecule has 0 aliphatic rings. The zero-order valence-corrected chi connectivity index (χ0v) is 9.86. The number of aryl methyl sites for hydroxylation is 1. The van der Waals surface area contributed by atoms with Gasteiger partial charge in [0.05, 0.1) is 0 Å². The van der Waals surface area contributed by atoms with Crippen molar-refractivity contribution in [3.8, 4) is 11.5 Å². The van der Waals surface area contributed by atoms with Crippen molar-refractivity contribution in [1.29, 1.82) is 0 Å². The number of carbonyl (C=O) groups excluding carboxylic acids is 1. The van der Waals surface area contributed by atoms with Crippen LogP contribution in [0, 0.1) is 6.92 Å². The molecule has 0 radical (unpaired) electrons. The molecule has 2 rings (SSSR count). The van der Waals surface area contributed by atoms with E-state index in [1.165, 1.54) is 6.92 Å². The lowest BCUT2D eigenvalue weighted by molar-refractivity contribution is -0.118. The predicted octanol–water partition coefficient (Wildman–Crippen LogP) is 2.82. The molecule has 0 bridgehead atoms. The first kappa shape index (κ1) is 11.5. The lowest BCUT2D eigenvalue weighted by atomic mass is 10.0. The Labute approximate surface area is 99.6 Å². The fraction of sp³-hybridized carbons (Fsp3) is 0.214. The highest BCUT2D eigenvalue weighted by Crippen LogP contribution is 2.35. The quantitative estimate of drug-likeness (QED) is 0.881. The minimum Gasteiger partial charge on any atom is -0.507 e. The van der Waals surface area contributed by atoms with Gasteiger partial charge in [-0.3, -0.25) is 4.79 Å². The van der Waals surface area contributed by atoms with Crippen LogP contribution in [0.25, 0.3) is 10.8 Å². The molecule has 0 amide bonds. The van der Waals surface area contributed by atoms with Crippen molar-refractivity contribution in [2.45, 2.75) is 13.8 Å². The third-order valence-corrected chi connectivity index (χ3v) is 2.58. The van der Waals surface area contributed by atoms with Crippen molar-refractivity contribution in [2.24, 2.45) is 0 Å². The summed E-state index contributed by atoms with van der Waals surface area (Å²) in [5, 5.41) is 11.4. The SMILES string of the molecule is CC(=O)COc1c(C)cc(O)c2ccccc12. The number of phenols is 1. The number of hydrogen-bond donors (Lipinski definition) is 1. The van der Waals surface area contributed by atoms with Gasteiger partial charge in [0.15, 0.2) is 5.78 Å². The summed E-state index contributed by atoms with van der Waals surface area (Å²) in [5.74, 6) is 0.864. The summed E-state index contributed by atoms with van der Waals surface area (Å²) >= 11 is 0. The van der Waals surface area contributed by atoms with Crippen molar-refractivity contribution in [3.63, 3.8) is 0 Å². The molecule has 0 spiro atoms. The standard InChI is InChI=1S/C14H14O3/c1-9-7-13(16)11-5-3-4-6-12(11)14(9)17-8-10(2)15/h3-7,16H,8H2,1-2H3. The Morgan fingerprint density at radius 2 is 1.94 bits per heavy atom. The van der Waals surface area contributed by atoms with Crippen LogP contribution in [-0.2, 0) is 4.79 Å². The van der Waals surface area contributed by atoms with Crippen molar-refractivity contribution < 1.29 is 14.6 Å². The third-order valence-electron chi connectivity index (χ3n) is 2.58. The highest BCUT2D eigenvalue weighted by atomic mass is 16.5. The maximum atomic E-state index is 11.0. The molecule has 0 aliphatic carbocycles. The van der Waals surface area contributed by atoms with Gasteiger partial charge in [0.25, 0.3) is 0 Å². The minimum absolute atomic E-state index is 0.0263. The third kappa shape index (κ3) is 2.23. The molecule has 3 heteroatoms. The van der Waals surface area contributed by atoms with Crippen LogP contribution in [0.15, 0.2) is 30.3 Å². The molecule has 0 aromatic heterocycles. The number of Topliss-reactive ketones (excluding diaryl/α,β-unsaturated/α-hetero) is 1. The molecule has 0 saturated heterocycles. The molecule has 88 valence electrons. The van der Waals surface area contributed by atoms with Crippen LogP contribution in [-0.4, -0.2) is 17.5 Å². The first-order chi connectivity index (χ1) is 8.09. The maximum Gasteiger partial charge on any atom is 0.167 e. The summed E-state index contributed by atoms with van der Waals surface area (Å²) in [7, 11) is 0. The highest BCUT2D eigenvalue weighted by Gasteiger charge is 2.10. The number of ether oxygens (including phenoxy) is 1. The summed E-state index contributed by atoms with van der Waals surface area (Å²) in [4.78, 5) is 11.0. The van der Waals surface area contributed by atoms with Gasteiger partial charge < -0.3 is 9.84 Å². The molecular weight excluding hydrogens is 216 g/mol. The number of carbonyl (C=O) groups is 1. The monoisotopic (exact) mass is 230 g/mol. The van der Waals surface area contributed by atoms with Crippen molar-refractivity contribution >= 4 is 16.6 Å². The molecule has 17 heavy (non-hydrogen) atoms. The minimum atomic E-state index is -0.0263. The Bertz CT molecular complexity index is 573. The van der Waals surface area contributed by atoms with Crippen molar-refractivity contribution in [2.75, 3.05) is 6.61 Å². The zero-order valence-electron chi connectivity index (χ0n) is 9.86. The second-order valence-corrected chi connectivity index (χ2v) is 4.08. The number of rotatable bonds is 3. The van der Waals surface area contributed by atoms with E-state index in [1.807, 2.05) is 31.2 Å². The Morgan fingerprint density at radius 3 is 2.59 bits per heavy atom. The van der Waals surface area contributed by atoms with Gasteiger partial charge >= 0.3 is 0 Å². The van der Waals surface area contributed by atoms with Crippen LogP contribution in [0.3, 0.4) is 0 Å². The van der Waals surface area contributed by atoms with Crippen molar-refractivity contribution in [1.82, 2.24) is 0 Å². The van der Waals surface area contributed by atoms with Crippen LogP contribution in [0.2, 0.25) is 0 Å². The lowest BCUT2D eigenvalue weighted by Crippen LogP contribution is -2.07. The zero-order chi connectivity index (χ0) is 12.4. The van der Waals surface area contributed by atoms with E-state index >= 15 is 0 Å². The Morgan fingerprint density at radius 1 is 1.29 bits per heavy atom. The second-order valence-electron chi connectivity index (χ2n) is 4.08. The van der Waals surface area contributed by atoms with Gasteiger partial charge in [-0.2, -0.15) is 0 Å². The van der Waals surface area contributed by atoms with Gasteiger partial charge in [-0.15, -0.1) is 0 Å². The number of ketones is 1. The van der Waals surface area contributed by atoms with E-state index in [1.54, 1.807) is 6.07 Å². The number of fused-ring (bicyclic) bond motifs is 1. The molecule has 0 fully saturated rings. The van der Waals surface area contributed by atoms with Crippen molar-refractivity contribution in [3.05, 3.63) is 35.9 Å². The molecule has 0 atom stereocenters.